The Morgan fingerprint density at radius 1 is 1.11 bits per heavy atom. The Morgan fingerprint density at radius 2 is 1.68 bits per heavy atom. The highest BCUT2D eigenvalue weighted by atomic mass is 16.3. The second kappa shape index (κ2) is 7.06. The number of benzene rings is 1. The summed E-state index contributed by atoms with van der Waals surface area (Å²) >= 11 is 0. The van der Waals surface area contributed by atoms with E-state index in [-0.39, 0.29) is 0 Å². The van der Waals surface area contributed by atoms with Crippen molar-refractivity contribution < 1.29 is 5.11 Å². The van der Waals surface area contributed by atoms with Crippen molar-refractivity contribution in [3.8, 4) is 0 Å². The summed E-state index contributed by atoms with van der Waals surface area (Å²) in [6, 6.07) is 9.09. The molecule has 1 unspecified atom stereocenters. The molecule has 0 radical (unpaired) electrons. The van der Waals surface area contributed by atoms with E-state index < -0.39 is 5.60 Å². The van der Waals surface area contributed by atoms with Gasteiger partial charge in [0.25, 0.3) is 0 Å². The minimum atomic E-state index is -0.638. The van der Waals surface area contributed by atoms with E-state index in [0.29, 0.717) is 18.4 Å². The van der Waals surface area contributed by atoms with Crippen LogP contribution in [0.5, 0.6) is 0 Å². The van der Waals surface area contributed by atoms with Gasteiger partial charge in [-0.2, -0.15) is 0 Å². The zero-order valence-corrected chi connectivity index (χ0v) is 13.0. The summed E-state index contributed by atoms with van der Waals surface area (Å²) < 4.78 is 0. The number of hydrogen-bond donors (Lipinski definition) is 2. The zero-order valence-electron chi connectivity index (χ0n) is 13.0. The van der Waals surface area contributed by atoms with E-state index in [0.717, 1.165) is 13.0 Å². The minimum Gasteiger partial charge on any atom is -0.390 e. The third-order valence-corrected chi connectivity index (χ3v) is 3.45. The molecule has 0 aliphatic heterocycles. The molecule has 0 bridgehead atoms. The van der Waals surface area contributed by atoms with Crippen LogP contribution in [-0.4, -0.2) is 23.3 Å². The largest absolute Gasteiger partial charge is 0.390 e. The van der Waals surface area contributed by atoms with Gasteiger partial charge in [0.15, 0.2) is 0 Å². The minimum absolute atomic E-state index is 0.473. The molecule has 0 saturated carbocycles. The first-order chi connectivity index (χ1) is 8.80. The van der Waals surface area contributed by atoms with E-state index in [9.17, 15) is 5.11 Å². The van der Waals surface area contributed by atoms with Crippen LogP contribution >= 0.6 is 0 Å². The first kappa shape index (κ1) is 16.2. The van der Waals surface area contributed by atoms with E-state index in [2.05, 4.69) is 57.3 Å². The first-order valence-electron chi connectivity index (χ1n) is 7.35. The molecule has 0 saturated heterocycles. The van der Waals surface area contributed by atoms with Gasteiger partial charge in [-0.1, -0.05) is 52.0 Å². The molecule has 108 valence electrons. The van der Waals surface area contributed by atoms with Gasteiger partial charge in [-0.05, 0) is 36.9 Å². The van der Waals surface area contributed by atoms with Gasteiger partial charge in [0.2, 0.25) is 0 Å². The number of rotatable bonds is 7. The number of hydrogen-bond acceptors (Lipinski definition) is 2. The molecule has 0 aliphatic rings. The lowest BCUT2D eigenvalue weighted by Gasteiger charge is -2.24. The Balaban J connectivity index is 2.52. The zero-order chi connectivity index (χ0) is 14.5. The molecular weight excluding hydrogens is 234 g/mol. The van der Waals surface area contributed by atoms with Crippen LogP contribution in [0.25, 0.3) is 0 Å². The highest BCUT2D eigenvalue weighted by Crippen LogP contribution is 2.19. The topological polar surface area (TPSA) is 32.3 Å². The molecule has 0 aromatic heterocycles. The van der Waals surface area contributed by atoms with Crippen LogP contribution < -0.4 is 5.32 Å². The molecule has 1 aromatic carbocycles. The SMILES string of the molecule is CC(C)NCCC(C)(O)Cc1ccc(C(C)C)cc1. The van der Waals surface area contributed by atoms with Gasteiger partial charge in [-0.15, -0.1) is 0 Å². The Labute approximate surface area is 118 Å². The monoisotopic (exact) mass is 263 g/mol. The molecule has 19 heavy (non-hydrogen) atoms. The van der Waals surface area contributed by atoms with Crippen LogP contribution in [0.1, 0.15) is 58.1 Å². The van der Waals surface area contributed by atoms with Crippen molar-refractivity contribution in [1.29, 1.82) is 0 Å². The second-order valence-corrected chi connectivity index (χ2v) is 6.43. The van der Waals surface area contributed by atoms with Gasteiger partial charge in [0.1, 0.15) is 0 Å². The molecule has 0 spiro atoms. The van der Waals surface area contributed by atoms with E-state index >= 15 is 0 Å². The van der Waals surface area contributed by atoms with Crippen molar-refractivity contribution in [3.05, 3.63) is 35.4 Å². The maximum Gasteiger partial charge on any atom is 0.0672 e. The third kappa shape index (κ3) is 6.22. The van der Waals surface area contributed by atoms with Gasteiger partial charge in [0.05, 0.1) is 5.60 Å². The number of nitrogens with one attached hydrogen (secondary N) is 1. The summed E-state index contributed by atoms with van der Waals surface area (Å²) in [5.74, 6) is 0.560. The quantitative estimate of drug-likeness (QED) is 0.789. The van der Waals surface area contributed by atoms with Crippen molar-refractivity contribution in [1.82, 2.24) is 5.32 Å². The molecule has 1 atom stereocenters. The standard InChI is InChI=1S/C17H29NO/c1-13(2)16-8-6-15(7-9-16)12-17(5,19)10-11-18-14(3)4/h6-9,13-14,18-19H,10-12H2,1-5H3. The average molecular weight is 263 g/mol. The lowest BCUT2D eigenvalue weighted by molar-refractivity contribution is 0.0511. The van der Waals surface area contributed by atoms with Crippen molar-refractivity contribution in [2.24, 2.45) is 0 Å². The number of aliphatic hydroxyl groups is 1. The summed E-state index contributed by atoms with van der Waals surface area (Å²) in [6.45, 7) is 11.4. The maximum atomic E-state index is 10.4. The molecule has 1 rings (SSSR count). The van der Waals surface area contributed by atoms with Crippen LogP contribution in [0, 0.1) is 0 Å². The molecule has 0 heterocycles. The molecular formula is C17H29NO. The highest BCUT2D eigenvalue weighted by molar-refractivity contribution is 5.25. The fraction of sp³-hybridized carbons (Fsp3) is 0.647. The van der Waals surface area contributed by atoms with E-state index in [1.807, 2.05) is 6.92 Å². The summed E-state index contributed by atoms with van der Waals surface area (Å²) in [5.41, 5.74) is 1.92. The van der Waals surface area contributed by atoms with Crippen molar-refractivity contribution in [2.45, 2.75) is 65.0 Å². The van der Waals surface area contributed by atoms with E-state index in [4.69, 9.17) is 0 Å². The van der Waals surface area contributed by atoms with Crippen molar-refractivity contribution in [3.63, 3.8) is 0 Å². The normalized spacial score (nSPS) is 14.9. The first-order valence-corrected chi connectivity index (χ1v) is 7.35. The molecule has 0 fully saturated rings. The van der Waals surface area contributed by atoms with Crippen LogP contribution in [0.2, 0.25) is 0 Å². The smallest absolute Gasteiger partial charge is 0.0672 e. The molecule has 2 heteroatoms. The Kier molecular flexibility index (Phi) is 6.02. The van der Waals surface area contributed by atoms with Crippen LogP contribution in [0.15, 0.2) is 24.3 Å². The predicted molar refractivity (Wildman–Crippen MR) is 82.6 cm³/mol. The summed E-state index contributed by atoms with van der Waals surface area (Å²) in [6.07, 6.45) is 1.49. The lowest BCUT2D eigenvalue weighted by Crippen LogP contribution is -2.34. The fourth-order valence-electron chi connectivity index (χ4n) is 2.18. The van der Waals surface area contributed by atoms with Gasteiger partial charge >= 0.3 is 0 Å². The van der Waals surface area contributed by atoms with Crippen molar-refractivity contribution >= 4 is 0 Å². The fourth-order valence-corrected chi connectivity index (χ4v) is 2.18. The second-order valence-electron chi connectivity index (χ2n) is 6.43. The van der Waals surface area contributed by atoms with Gasteiger partial charge < -0.3 is 10.4 Å². The molecule has 1 aromatic rings. The Hall–Kier alpha value is -0.860. The molecule has 2 nitrogen and oxygen atoms in total. The summed E-state index contributed by atoms with van der Waals surface area (Å²) in [4.78, 5) is 0. The van der Waals surface area contributed by atoms with Crippen LogP contribution in [0.3, 0.4) is 0 Å². The highest BCUT2D eigenvalue weighted by Gasteiger charge is 2.20. The summed E-state index contributed by atoms with van der Waals surface area (Å²) in [5, 5.41) is 13.8. The molecule has 0 amide bonds. The summed E-state index contributed by atoms with van der Waals surface area (Å²) in [7, 11) is 0. The van der Waals surface area contributed by atoms with Gasteiger partial charge in [0, 0.05) is 12.5 Å². The van der Waals surface area contributed by atoms with Crippen molar-refractivity contribution in [2.75, 3.05) is 6.54 Å². The lowest BCUT2D eigenvalue weighted by atomic mass is 9.92. The Morgan fingerprint density at radius 3 is 2.16 bits per heavy atom. The van der Waals surface area contributed by atoms with Gasteiger partial charge in [-0.3, -0.25) is 0 Å². The van der Waals surface area contributed by atoms with Gasteiger partial charge in [-0.25, -0.2) is 0 Å². The maximum absolute atomic E-state index is 10.4. The third-order valence-electron chi connectivity index (χ3n) is 3.45. The van der Waals surface area contributed by atoms with Crippen LogP contribution in [0.4, 0.5) is 0 Å². The van der Waals surface area contributed by atoms with E-state index in [1.54, 1.807) is 0 Å². The average Bonchev–Trinajstić information content (AvgIpc) is 2.28. The van der Waals surface area contributed by atoms with E-state index in [1.165, 1.54) is 11.1 Å². The molecule has 2 N–H and O–H groups in total. The Bertz CT molecular complexity index is 365. The molecule has 0 aliphatic carbocycles. The van der Waals surface area contributed by atoms with Crippen LogP contribution in [-0.2, 0) is 6.42 Å². The predicted octanol–water partition coefficient (Wildman–Crippen LogP) is 3.49.